The number of anilines is 1. The molecule has 7 heteroatoms. The van der Waals surface area contributed by atoms with E-state index in [1.807, 2.05) is 33.2 Å². The highest BCUT2D eigenvalue weighted by atomic mass is 32.2. The Morgan fingerprint density at radius 3 is 2.53 bits per heavy atom. The summed E-state index contributed by atoms with van der Waals surface area (Å²) in [5, 5.41) is 8.03. The van der Waals surface area contributed by atoms with E-state index in [1.54, 1.807) is 4.68 Å². The lowest BCUT2D eigenvalue weighted by Crippen LogP contribution is -2.06. The molecule has 6 nitrogen and oxygen atoms in total. The quantitative estimate of drug-likeness (QED) is 0.656. The normalized spacial score (nSPS) is 10.6. The average molecular weight is 250 g/mol. The third kappa shape index (κ3) is 2.38. The number of aryl methyl sites for hydroxylation is 2. The average Bonchev–Trinajstić information content (AvgIpc) is 2.67. The first-order valence-electron chi connectivity index (χ1n) is 5.15. The molecular weight excluding hydrogens is 236 g/mol. The molecule has 0 aliphatic heterocycles. The zero-order valence-electron chi connectivity index (χ0n) is 10.2. The second kappa shape index (κ2) is 4.70. The van der Waals surface area contributed by atoms with Gasteiger partial charge in [-0.15, -0.1) is 5.10 Å². The van der Waals surface area contributed by atoms with E-state index in [9.17, 15) is 0 Å². The zero-order chi connectivity index (χ0) is 12.4. The van der Waals surface area contributed by atoms with E-state index < -0.39 is 0 Å². The number of hydrogen-bond donors (Lipinski definition) is 1. The van der Waals surface area contributed by atoms with Crippen LogP contribution in [0.2, 0.25) is 0 Å². The molecule has 2 rings (SSSR count). The van der Waals surface area contributed by atoms with Gasteiger partial charge >= 0.3 is 0 Å². The summed E-state index contributed by atoms with van der Waals surface area (Å²) in [6.45, 7) is 3.76. The first kappa shape index (κ1) is 11.8. The van der Waals surface area contributed by atoms with Gasteiger partial charge in [-0.05, 0) is 20.1 Å². The molecule has 0 bridgehead atoms. The van der Waals surface area contributed by atoms with Crippen molar-refractivity contribution in [2.24, 2.45) is 0 Å². The van der Waals surface area contributed by atoms with E-state index in [4.69, 9.17) is 0 Å². The maximum absolute atomic E-state index is 4.42. The van der Waals surface area contributed by atoms with E-state index in [-0.39, 0.29) is 0 Å². The fourth-order valence-corrected chi connectivity index (χ4v) is 1.85. The van der Waals surface area contributed by atoms with Crippen LogP contribution in [0.1, 0.15) is 11.6 Å². The Hall–Kier alpha value is -1.63. The predicted octanol–water partition coefficient (Wildman–Crippen LogP) is 1.44. The highest BCUT2D eigenvalue weighted by Gasteiger charge is 2.09. The van der Waals surface area contributed by atoms with Crippen molar-refractivity contribution in [2.75, 3.05) is 18.6 Å². The summed E-state index contributed by atoms with van der Waals surface area (Å²) >= 11 is 1.50. The Balaban J connectivity index is 2.54. The molecule has 90 valence electrons. The fraction of sp³-hybridized carbons (Fsp3) is 0.400. The van der Waals surface area contributed by atoms with Gasteiger partial charge in [0.1, 0.15) is 17.5 Å². The maximum atomic E-state index is 4.42. The molecule has 0 aromatic carbocycles. The van der Waals surface area contributed by atoms with Gasteiger partial charge in [0.05, 0.1) is 0 Å². The summed E-state index contributed by atoms with van der Waals surface area (Å²) in [5.74, 6) is 3.05. The van der Waals surface area contributed by atoms with Crippen LogP contribution in [-0.2, 0) is 0 Å². The van der Waals surface area contributed by atoms with Gasteiger partial charge in [0.2, 0.25) is 0 Å². The SMILES string of the molecule is CNc1cc(-n2nc(C)nc2C)nc(SC)n1. The van der Waals surface area contributed by atoms with E-state index in [1.165, 1.54) is 11.8 Å². The smallest absolute Gasteiger partial charge is 0.191 e. The van der Waals surface area contributed by atoms with Crippen LogP contribution in [0.25, 0.3) is 5.82 Å². The van der Waals surface area contributed by atoms with Crippen molar-refractivity contribution in [3.05, 3.63) is 17.7 Å². The minimum Gasteiger partial charge on any atom is -0.373 e. The number of aromatic nitrogens is 5. The first-order chi connectivity index (χ1) is 8.13. The third-order valence-corrected chi connectivity index (χ3v) is 2.77. The second-order valence-corrected chi connectivity index (χ2v) is 4.24. The molecule has 2 aromatic rings. The molecule has 0 fully saturated rings. The van der Waals surface area contributed by atoms with Crippen molar-refractivity contribution in [2.45, 2.75) is 19.0 Å². The summed E-state index contributed by atoms with van der Waals surface area (Å²) in [6, 6.07) is 1.85. The molecule has 0 aliphatic rings. The number of thioether (sulfide) groups is 1. The summed E-state index contributed by atoms with van der Waals surface area (Å²) in [4.78, 5) is 13.0. The van der Waals surface area contributed by atoms with Gasteiger partial charge in [-0.3, -0.25) is 0 Å². The summed E-state index contributed by atoms with van der Waals surface area (Å²) in [6.07, 6.45) is 1.94. The van der Waals surface area contributed by atoms with Crippen LogP contribution in [-0.4, -0.2) is 38.0 Å². The van der Waals surface area contributed by atoms with Crippen molar-refractivity contribution < 1.29 is 0 Å². The van der Waals surface area contributed by atoms with Gasteiger partial charge in [0, 0.05) is 13.1 Å². The van der Waals surface area contributed by atoms with Gasteiger partial charge in [-0.2, -0.15) is 4.68 Å². The van der Waals surface area contributed by atoms with Crippen molar-refractivity contribution in [1.82, 2.24) is 24.7 Å². The molecule has 17 heavy (non-hydrogen) atoms. The molecular formula is C10H14N6S. The lowest BCUT2D eigenvalue weighted by molar-refractivity contribution is 0.776. The van der Waals surface area contributed by atoms with Crippen LogP contribution in [0.5, 0.6) is 0 Å². The third-order valence-electron chi connectivity index (χ3n) is 2.22. The van der Waals surface area contributed by atoms with Crippen molar-refractivity contribution in [3.8, 4) is 5.82 Å². The zero-order valence-corrected chi connectivity index (χ0v) is 11.0. The van der Waals surface area contributed by atoms with Gasteiger partial charge < -0.3 is 5.32 Å². The molecule has 0 saturated carbocycles. The van der Waals surface area contributed by atoms with Crippen molar-refractivity contribution in [3.63, 3.8) is 0 Å². The van der Waals surface area contributed by atoms with Crippen molar-refractivity contribution in [1.29, 1.82) is 0 Å². The van der Waals surface area contributed by atoms with E-state index in [2.05, 4.69) is 25.4 Å². The standard InChI is InChI=1S/C10H14N6S/c1-6-12-7(2)16(15-6)9-5-8(11-3)13-10(14-9)17-4/h5H,1-4H3,(H,11,13,14). The molecule has 2 aromatic heterocycles. The van der Waals surface area contributed by atoms with E-state index >= 15 is 0 Å². The van der Waals surface area contributed by atoms with Crippen molar-refractivity contribution >= 4 is 17.6 Å². The molecule has 0 aliphatic carbocycles. The Morgan fingerprint density at radius 2 is 2.00 bits per heavy atom. The molecule has 2 heterocycles. The van der Waals surface area contributed by atoms with Gasteiger partial charge in [0.15, 0.2) is 11.0 Å². The van der Waals surface area contributed by atoms with Gasteiger partial charge in [-0.25, -0.2) is 15.0 Å². The summed E-state index contributed by atoms with van der Waals surface area (Å²) in [7, 11) is 1.83. The highest BCUT2D eigenvalue weighted by molar-refractivity contribution is 7.98. The van der Waals surface area contributed by atoms with Crippen LogP contribution in [0, 0.1) is 13.8 Å². The Kier molecular flexibility index (Phi) is 3.28. The van der Waals surface area contributed by atoms with Crippen LogP contribution >= 0.6 is 11.8 Å². The molecule has 0 radical (unpaired) electrons. The number of hydrogen-bond acceptors (Lipinski definition) is 6. The van der Waals surface area contributed by atoms with Crippen LogP contribution in [0.4, 0.5) is 5.82 Å². The number of nitrogens with one attached hydrogen (secondary N) is 1. The monoisotopic (exact) mass is 250 g/mol. The summed E-state index contributed by atoms with van der Waals surface area (Å²) in [5.41, 5.74) is 0. The number of nitrogens with zero attached hydrogens (tertiary/aromatic N) is 5. The fourth-order valence-electron chi connectivity index (χ4n) is 1.48. The Morgan fingerprint density at radius 1 is 1.24 bits per heavy atom. The Labute approximate surface area is 104 Å². The minimum atomic E-state index is 0.708. The predicted molar refractivity (Wildman–Crippen MR) is 67.8 cm³/mol. The Bertz CT molecular complexity index is 513. The molecule has 0 spiro atoms. The van der Waals surface area contributed by atoms with Crippen LogP contribution < -0.4 is 5.32 Å². The highest BCUT2D eigenvalue weighted by Crippen LogP contribution is 2.16. The molecule has 0 atom stereocenters. The van der Waals surface area contributed by atoms with E-state index in [0.29, 0.717) is 5.16 Å². The minimum absolute atomic E-state index is 0.708. The molecule has 1 N–H and O–H groups in total. The lowest BCUT2D eigenvalue weighted by Gasteiger charge is -2.06. The summed E-state index contributed by atoms with van der Waals surface area (Å²) < 4.78 is 1.72. The maximum Gasteiger partial charge on any atom is 0.191 e. The van der Waals surface area contributed by atoms with Gasteiger partial charge in [-0.1, -0.05) is 11.8 Å². The van der Waals surface area contributed by atoms with Gasteiger partial charge in [0.25, 0.3) is 0 Å². The first-order valence-corrected chi connectivity index (χ1v) is 6.38. The molecule has 0 saturated heterocycles. The topological polar surface area (TPSA) is 68.5 Å². The van der Waals surface area contributed by atoms with E-state index in [0.717, 1.165) is 23.3 Å². The van der Waals surface area contributed by atoms with Crippen LogP contribution in [0.3, 0.4) is 0 Å². The number of rotatable bonds is 3. The molecule has 0 unspecified atom stereocenters. The second-order valence-electron chi connectivity index (χ2n) is 3.47. The molecule has 0 amide bonds. The largest absolute Gasteiger partial charge is 0.373 e. The lowest BCUT2D eigenvalue weighted by atomic mass is 10.5. The van der Waals surface area contributed by atoms with Crippen LogP contribution in [0.15, 0.2) is 11.2 Å².